The fourth-order valence-electron chi connectivity index (χ4n) is 9.64. The second-order valence-electron chi connectivity index (χ2n) is 16.1. The van der Waals surface area contributed by atoms with Gasteiger partial charge in [-0.1, -0.05) is 147 Å². The quantitative estimate of drug-likeness (QED) is 0.176. The van der Waals surface area contributed by atoms with Gasteiger partial charge in [-0.3, -0.25) is 0 Å². The van der Waals surface area contributed by atoms with Gasteiger partial charge in [0.25, 0.3) is 0 Å². The third-order valence-electron chi connectivity index (χ3n) is 12.4. The van der Waals surface area contributed by atoms with Crippen molar-refractivity contribution in [1.29, 1.82) is 0 Å². The van der Waals surface area contributed by atoms with E-state index in [0.717, 1.165) is 83.2 Å². The molecule has 0 atom stereocenters. The molecule has 0 unspecified atom stereocenters. The summed E-state index contributed by atoms with van der Waals surface area (Å²) in [5.74, 6) is 0. The van der Waals surface area contributed by atoms with Crippen LogP contribution in [0.25, 0.3) is 88.0 Å². The van der Waals surface area contributed by atoms with Crippen molar-refractivity contribution in [1.82, 2.24) is 0 Å². The zero-order chi connectivity index (χ0) is 38.5. The van der Waals surface area contributed by atoms with Gasteiger partial charge in [-0.2, -0.15) is 0 Å². The molecule has 0 saturated carbocycles. The van der Waals surface area contributed by atoms with Gasteiger partial charge in [-0.05, 0) is 104 Å². The minimum atomic E-state index is -0.178. The summed E-state index contributed by atoms with van der Waals surface area (Å²) in [5, 5.41) is 6.67. The van der Waals surface area contributed by atoms with Crippen molar-refractivity contribution in [2.24, 2.45) is 0 Å². The van der Waals surface area contributed by atoms with E-state index in [0.29, 0.717) is 0 Å². The van der Waals surface area contributed by atoms with Crippen LogP contribution >= 0.6 is 0 Å². The molecule has 0 fully saturated rings. The molecule has 58 heavy (non-hydrogen) atoms. The Balaban J connectivity index is 1.21. The van der Waals surface area contributed by atoms with Gasteiger partial charge in [0.1, 0.15) is 16.7 Å². The Morgan fingerprint density at radius 1 is 0.397 bits per heavy atom. The summed E-state index contributed by atoms with van der Waals surface area (Å²) >= 11 is 0. The number of furan rings is 2. The van der Waals surface area contributed by atoms with Crippen LogP contribution in [-0.4, -0.2) is 0 Å². The van der Waals surface area contributed by atoms with Gasteiger partial charge in [-0.15, -0.1) is 0 Å². The Kier molecular flexibility index (Phi) is 6.98. The molecular weight excluding hydrogens is 707 g/mol. The molecule has 0 aliphatic heterocycles. The average molecular weight is 744 g/mol. The lowest BCUT2D eigenvalue weighted by molar-refractivity contribution is 0.660. The van der Waals surface area contributed by atoms with Crippen LogP contribution in [0.1, 0.15) is 25.0 Å². The average Bonchev–Trinajstić information content (AvgIpc) is 3.91. The Hall–Kier alpha value is -7.36. The van der Waals surface area contributed by atoms with Gasteiger partial charge in [-0.25, -0.2) is 0 Å². The molecule has 12 rings (SSSR count). The molecule has 3 heteroatoms. The Labute approximate surface area is 336 Å². The SMILES string of the molecule is CC1(C)c2ccccc2-c2ccc(N(c3ccccc3-c3ccccc3)c3cc(-c4ccc5ccccc5c4)cc4c3oc3ccc5oc6ccccc6c5c34)cc21. The molecule has 1 aliphatic carbocycles. The van der Waals surface area contributed by atoms with E-state index in [1.807, 2.05) is 18.2 Å². The highest BCUT2D eigenvalue weighted by molar-refractivity contribution is 6.27. The van der Waals surface area contributed by atoms with Crippen molar-refractivity contribution in [2.45, 2.75) is 19.3 Å². The van der Waals surface area contributed by atoms with Gasteiger partial charge in [0.15, 0.2) is 5.58 Å². The summed E-state index contributed by atoms with van der Waals surface area (Å²) in [4.78, 5) is 2.43. The molecule has 2 heterocycles. The maximum atomic E-state index is 7.14. The van der Waals surface area contributed by atoms with Crippen molar-refractivity contribution < 1.29 is 8.83 Å². The number of hydrogen-bond acceptors (Lipinski definition) is 3. The first-order valence-corrected chi connectivity index (χ1v) is 20.0. The number of fused-ring (bicyclic) bond motifs is 11. The van der Waals surface area contributed by atoms with Gasteiger partial charge in [0.2, 0.25) is 0 Å². The van der Waals surface area contributed by atoms with Crippen molar-refractivity contribution in [2.75, 3.05) is 4.90 Å². The molecular formula is C55H37NO2. The number of rotatable bonds is 5. The third-order valence-corrected chi connectivity index (χ3v) is 12.4. The smallest absolute Gasteiger partial charge is 0.159 e. The minimum absolute atomic E-state index is 0.178. The number of anilines is 3. The third kappa shape index (κ3) is 4.80. The lowest BCUT2D eigenvalue weighted by Gasteiger charge is -2.30. The van der Waals surface area contributed by atoms with E-state index < -0.39 is 0 Å². The molecule has 0 N–H and O–H groups in total. The van der Waals surface area contributed by atoms with Gasteiger partial charge in [0, 0.05) is 38.2 Å². The van der Waals surface area contributed by atoms with E-state index in [1.165, 1.54) is 33.0 Å². The zero-order valence-electron chi connectivity index (χ0n) is 32.2. The fourth-order valence-corrected chi connectivity index (χ4v) is 9.64. The molecule has 9 aromatic carbocycles. The van der Waals surface area contributed by atoms with Crippen LogP contribution in [0.2, 0.25) is 0 Å². The van der Waals surface area contributed by atoms with Gasteiger partial charge < -0.3 is 13.7 Å². The number of para-hydroxylation sites is 2. The number of nitrogens with zero attached hydrogens (tertiary/aromatic N) is 1. The molecule has 274 valence electrons. The van der Waals surface area contributed by atoms with Crippen LogP contribution in [-0.2, 0) is 5.41 Å². The first kappa shape index (κ1) is 32.8. The molecule has 0 spiro atoms. The highest BCUT2D eigenvalue weighted by atomic mass is 16.3. The highest BCUT2D eigenvalue weighted by Gasteiger charge is 2.36. The lowest BCUT2D eigenvalue weighted by Crippen LogP contribution is -2.17. The zero-order valence-corrected chi connectivity index (χ0v) is 32.2. The Morgan fingerprint density at radius 2 is 1.09 bits per heavy atom. The molecule has 0 saturated heterocycles. The largest absolute Gasteiger partial charge is 0.456 e. The summed E-state index contributed by atoms with van der Waals surface area (Å²) < 4.78 is 13.6. The van der Waals surface area contributed by atoms with E-state index in [9.17, 15) is 0 Å². The lowest BCUT2D eigenvalue weighted by atomic mass is 9.82. The second kappa shape index (κ2) is 12.3. The first-order chi connectivity index (χ1) is 28.5. The van der Waals surface area contributed by atoms with Crippen molar-refractivity contribution in [3.8, 4) is 33.4 Å². The van der Waals surface area contributed by atoms with E-state index in [-0.39, 0.29) is 5.41 Å². The predicted molar refractivity (Wildman–Crippen MR) is 242 cm³/mol. The van der Waals surface area contributed by atoms with E-state index in [2.05, 4.69) is 189 Å². The number of hydrogen-bond donors (Lipinski definition) is 0. The monoisotopic (exact) mass is 743 g/mol. The topological polar surface area (TPSA) is 29.5 Å². The Bertz CT molecular complexity index is 3440. The van der Waals surface area contributed by atoms with Crippen molar-refractivity contribution in [3.05, 3.63) is 199 Å². The summed E-state index contributed by atoms with van der Waals surface area (Å²) in [6.07, 6.45) is 0. The molecule has 0 amide bonds. The van der Waals surface area contributed by atoms with Crippen LogP contribution < -0.4 is 4.90 Å². The van der Waals surface area contributed by atoms with Gasteiger partial charge in [0.05, 0.1) is 11.4 Å². The summed E-state index contributed by atoms with van der Waals surface area (Å²) in [6.45, 7) is 4.70. The molecule has 1 aliphatic rings. The van der Waals surface area contributed by atoms with Crippen LogP contribution in [0, 0.1) is 0 Å². The van der Waals surface area contributed by atoms with Crippen LogP contribution in [0.3, 0.4) is 0 Å². The maximum Gasteiger partial charge on any atom is 0.159 e. The van der Waals surface area contributed by atoms with Crippen LogP contribution in [0.4, 0.5) is 17.1 Å². The Morgan fingerprint density at radius 3 is 1.97 bits per heavy atom. The molecule has 0 radical (unpaired) electrons. The molecule has 0 bridgehead atoms. The van der Waals surface area contributed by atoms with Crippen molar-refractivity contribution >= 4 is 71.7 Å². The minimum Gasteiger partial charge on any atom is -0.456 e. The molecule has 3 nitrogen and oxygen atoms in total. The first-order valence-electron chi connectivity index (χ1n) is 20.0. The second-order valence-corrected chi connectivity index (χ2v) is 16.1. The van der Waals surface area contributed by atoms with Crippen LogP contribution in [0.15, 0.2) is 197 Å². The number of benzene rings is 9. The molecule has 2 aromatic heterocycles. The van der Waals surface area contributed by atoms with Gasteiger partial charge >= 0.3 is 0 Å². The molecule has 11 aromatic rings. The maximum absolute atomic E-state index is 7.14. The predicted octanol–water partition coefficient (Wildman–Crippen LogP) is 15.7. The summed E-state index contributed by atoms with van der Waals surface area (Å²) in [5.41, 5.74) is 16.1. The normalized spacial score (nSPS) is 13.1. The standard InChI is InChI=1S/C55H37NO2/c1-55(2)45-21-11-8-19-41(45)42-27-26-39(33-46(42)55)56(47-22-12-9-18-40(47)35-15-4-3-5-16-35)48-32-38(37-25-24-34-14-6-7-17-36(34)30-37)31-44-53-51(58-54(44)48)29-28-50-52(53)43-20-10-13-23-49(43)57-50/h3-33H,1-2H3. The fraction of sp³-hybridized carbons (Fsp3) is 0.0545. The van der Waals surface area contributed by atoms with E-state index >= 15 is 0 Å². The highest BCUT2D eigenvalue weighted by Crippen LogP contribution is 2.53. The van der Waals surface area contributed by atoms with Crippen LogP contribution in [0.5, 0.6) is 0 Å². The van der Waals surface area contributed by atoms with E-state index in [1.54, 1.807) is 0 Å². The summed E-state index contributed by atoms with van der Waals surface area (Å²) in [7, 11) is 0. The summed E-state index contributed by atoms with van der Waals surface area (Å²) in [6, 6.07) is 67.8. The van der Waals surface area contributed by atoms with Crippen molar-refractivity contribution in [3.63, 3.8) is 0 Å². The van der Waals surface area contributed by atoms with E-state index in [4.69, 9.17) is 8.83 Å².